The van der Waals surface area contributed by atoms with E-state index in [0.29, 0.717) is 6.42 Å². The van der Waals surface area contributed by atoms with Crippen LogP contribution in [0.4, 0.5) is 0 Å². The van der Waals surface area contributed by atoms with Crippen molar-refractivity contribution in [1.29, 1.82) is 0 Å². The van der Waals surface area contributed by atoms with Gasteiger partial charge in [-0.05, 0) is 6.42 Å². The van der Waals surface area contributed by atoms with Gasteiger partial charge < -0.3 is 10.5 Å². The third-order valence-corrected chi connectivity index (χ3v) is 1.79. The number of H-pyrrole nitrogens is 1. The number of hydrogen-bond donors (Lipinski definition) is 3. The summed E-state index contributed by atoms with van der Waals surface area (Å²) in [5.74, 6) is 0. The van der Waals surface area contributed by atoms with E-state index >= 15 is 0 Å². The summed E-state index contributed by atoms with van der Waals surface area (Å²) in [5, 5.41) is 9.21. The van der Waals surface area contributed by atoms with E-state index in [9.17, 15) is 14.7 Å². The van der Waals surface area contributed by atoms with Crippen molar-refractivity contribution in [2.24, 2.45) is 0 Å². The normalized spacial score (nSPS) is 12.4. The van der Waals surface area contributed by atoms with E-state index in [1.807, 2.05) is 6.92 Å². The molecule has 0 spiro atoms. The molecule has 0 radical (unpaired) electrons. The molecule has 1 unspecified atom stereocenters. The number of aliphatic hydroxyl groups excluding tert-OH is 1. The summed E-state index contributed by atoms with van der Waals surface area (Å²) in [5.41, 5.74) is 1.69. The van der Waals surface area contributed by atoms with Gasteiger partial charge in [-0.2, -0.15) is 0 Å². The Balaban J connectivity index is 2.68. The van der Waals surface area contributed by atoms with Gasteiger partial charge in [0.25, 0.3) is 5.56 Å². The van der Waals surface area contributed by atoms with Gasteiger partial charge in [-0.25, -0.2) is 9.47 Å². The summed E-state index contributed by atoms with van der Waals surface area (Å²) < 4.78 is 1.13. The highest BCUT2D eigenvalue weighted by atomic mass is 16.3. The van der Waals surface area contributed by atoms with Gasteiger partial charge in [0.15, 0.2) is 0 Å². The predicted octanol–water partition coefficient (Wildman–Crippen LogP) is -1.15. The van der Waals surface area contributed by atoms with Crippen molar-refractivity contribution in [3.63, 3.8) is 0 Å². The summed E-state index contributed by atoms with van der Waals surface area (Å²) in [6, 6.07) is 1.23. The zero-order chi connectivity index (χ0) is 10.6. The van der Waals surface area contributed by atoms with Gasteiger partial charge in [0, 0.05) is 12.3 Å². The zero-order valence-electron chi connectivity index (χ0n) is 7.86. The number of hydrogen-bond acceptors (Lipinski definition) is 4. The van der Waals surface area contributed by atoms with Gasteiger partial charge in [-0.15, -0.1) is 0 Å². The van der Waals surface area contributed by atoms with Crippen molar-refractivity contribution in [2.75, 3.05) is 12.0 Å². The van der Waals surface area contributed by atoms with Crippen LogP contribution in [0.25, 0.3) is 0 Å². The van der Waals surface area contributed by atoms with Gasteiger partial charge in [0.2, 0.25) is 0 Å². The zero-order valence-corrected chi connectivity index (χ0v) is 7.86. The Hall–Kier alpha value is -1.56. The molecule has 0 fully saturated rings. The molecular formula is C8H13N3O3. The van der Waals surface area contributed by atoms with E-state index in [2.05, 4.69) is 10.4 Å². The molecule has 6 nitrogen and oxygen atoms in total. The van der Waals surface area contributed by atoms with E-state index in [0.717, 1.165) is 4.68 Å². The molecule has 0 saturated heterocycles. The molecule has 14 heavy (non-hydrogen) atoms. The molecule has 1 atom stereocenters. The molecule has 78 valence electrons. The SMILES string of the molecule is CCC(O)CNn1ccc(=O)[nH]c1=O. The smallest absolute Gasteiger partial charge is 0.346 e. The molecule has 3 N–H and O–H groups in total. The maximum atomic E-state index is 11.1. The quantitative estimate of drug-likeness (QED) is 0.571. The second-order valence-electron chi connectivity index (χ2n) is 2.90. The molecule has 0 aliphatic carbocycles. The van der Waals surface area contributed by atoms with Gasteiger partial charge in [-0.1, -0.05) is 6.92 Å². The highest BCUT2D eigenvalue weighted by Crippen LogP contribution is 1.86. The number of nitrogens with one attached hydrogen (secondary N) is 2. The minimum atomic E-state index is -0.541. The fraction of sp³-hybridized carbons (Fsp3) is 0.500. The van der Waals surface area contributed by atoms with Crippen molar-refractivity contribution in [2.45, 2.75) is 19.4 Å². The number of rotatable bonds is 4. The second-order valence-corrected chi connectivity index (χ2v) is 2.90. The van der Waals surface area contributed by atoms with E-state index < -0.39 is 17.4 Å². The first-order valence-corrected chi connectivity index (χ1v) is 4.37. The van der Waals surface area contributed by atoms with Crippen molar-refractivity contribution in [1.82, 2.24) is 9.66 Å². The van der Waals surface area contributed by atoms with Crippen LogP contribution in [0.2, 0.25) is 0 Å². The van der Waals surface area contributed by atoms with Crippen molar-refractivity contribution in [3.8, 4) is 0 Å². The lowest BCUT2D eigenvalue weighted by Gasteiger charge is -2.11. The molecule has 0 aliphatic heterocycles. The van der Waals surface area contributed by atoms with E-state index in [1.165, 1.54) is 12.3 Å². The van der Waals surface area contributed by atoms with Crippen LogP contribution in [0, 0.1) is 0 Å². The van der Waals surface area contributed by atoms with Crippen molar-refractivity contribution in [3.05, 3.63) is 33.1 Å². The van der Waals surface area contributed by atoms with E-state index in [4.69, 9.17) is 0 Å². The molecule has 1 aromatic rings. The summed E-state index contributed by atoms with van der Waals surface area (Å²) in [6.45, 7) is 2.10. The maximum absolute atomic E-state index is 11.1. The van der Waals surface area contributed by atoms with E-state index in [1.54, 1.807) is 0 Å². The summed E-state index contributed by atoms with van der Waals surface area (Å²) in [7, 11) is 0. The highest BCUT2D eigenvalue weighted by molar-refractivity contribution is 4.86. The van der Waals surface area contributed by atoms with Gasteiger partial charge in [-0.3, -0.25) is 9.78 Å². The van der Waals surface area contributed by atoms with Crippen LogP contribution in [0.5, 0.6) is 0 Å². The molecule has 1 aromatic heterocycles. The standard InChI is InChI=1S/C8H13N3O3/c1-2-6(12)5-9-11-4-3-7(13)10-8(11)14/h3-4,6,9,12H,2,5H2,1H3,(H,10,13,14). The van der Waals surface area contributed by atoms with Gasteiger partial charge >= 0.3 is 5.69 Å². The van der Waals surface area contributed by atoms with Crippen LogP contribution in [-0.2, 0) is 0 Å². The third-order valence-electron chi connectivity index (χ3n) is 1.79. The summed E-state index contributed by atoms with van der Waals surface area (Å²) in [6.07, 6.45) is 1.42. The Morgan fingerprint density at radius 1 is 1.64 bits per heavy atom. The Labute approximate surface area is 80.2 Å². The van der Waals surface area contributed by atoms with Crippen LogP contribution in [0.3, 0.4) is 0 Å². The molecule has 0 saturated carbocycles. The van der Waals surface area contributed by atoms with Crippen LogP contribution < -0.4 is 16.7 Å². The Morgan fingerprint density at radius 3 is 2.93 bits per heavy atom. The van der Waals surface area contributed by atoms with Crippen LogP contribution >= 0.6 is 0 Å². The van der Waals surface area contributed by atoms with Crippen LogP contribution in [-0.4, -0.2) is 27.4 Å². The minimum absolute atomic E-state index is 0.266. The van der Waals surface area contributed by atoms with Gasteiger partial charge in [0.1, 0.15) is 0 Å². The van der Waals surface area contributed by atoms with Gasteiger partial charge in [0.05, 0.1) is 12.6 Å². The first kappa shape index (κ1) is 10.5. The predicted molar refractivity (Wildman–Crippen MR) is 51.8 cm³/mol. The molecule has 6 heteroatoms. The van der Waals surface area contributed by atoms with E-state index in [-0.39, 0.29) is 6.54 Å². The van der Waals surface area contributed by atoms with Crippen molar-refractivity contribution >= 4 is 0 Å². The van der Waals surface area contributed by atoms with Crippen LogP contribution in [0.15, 0.2) is 21.9 Å². The average Bonchev–Trinajstić information content (AvgIpc) is 2.16. The fourth-order valence-corrected chi connectivity index (χ4v) is 0.890. The van der Waals surface area contributed by atoms with Crippen LogP contribution in [0.1, 0.15) is 13.3 Å². The molecule has 1 rings (SSSR count). The first-order valence-electron chi connectivity index (χ1n) is 4.37. The highest BCUT2D eigenvalue weighted by Gasteiger charge is 2.00. The van der Waals surface area contributed by atoms with Crippen molar-refractivity contribution < 1.29 is 5.11 Å². The Morgan fingerprint density at radius 2 is 2.36 bits per heavy atom. The lowest BCUT2D eigenvalue weighted by atomic mass is 10.3. The number of aliphatic hydroxyl groups is 1. The fourth-order valence-electron chi connectivity index (χ4n) is 0.890. The minimum Gasteiger partial charge on any atom is -0.391 e. The molecule has 0 bridgehead atoms. The number of aromatic amines is 1. The largest absolute Gasteiger partial charge is 0.391 e. The summed E-state index contributed by atoms with van der Waals surface area (Å²) >= 11 is 0. The molecule has 0 aliphatic rings. The topological polar surface area (TPSA) is 87.1 Å². The molecule has 1 heterocycles. The maximum Gasteiger partial charge on any atom is 0.346 e. The Bertz CT molecular complexity index is 395. The average molecular weight is 199 g/mol. The number of nitrogens with zero attached hydrogens (tertiary/aromatic N) is 1. The first-order chi connectivity index (χ1) is 6.63. The third kappa shape index (κ3) is 2.74. The summed E-state index contributed by atoms with van der Waals surface area (Å²) in [4.78, 5) is 23.9. The lowest BCUT2D eigenvalue weighted by molar-refractivity contribution is 0.180. The Kier molecular flexibility index (Phi) is 3.47. The monoisotopic (exact) mass is 199 g/mol. The molecule has 0 aromatic carbocycles. The molecular weight excluding hydrogens is 186 g/mol. The second kappa shape index (κ2) is 4.61. The lowest BCUT2D eigenvalue weighted by Crippen LogP contribution is -2.37. The number of aromatic nitrogens is 2. The molecule has 0 amide bonds.